The third-order valence-corrected chi connectivity index (χ3v) is 2.43. The quantitative estimate of drug-likeness (QED) is 0.417. The summed E-state index contributed by atoms with van der Waals surface area (Å²) in [6, 6.07) is 6.38. The largest absolute Gasteiger partial charge is 0.434 e. The molecule has 9 nitrogen and oxygen atoms in total. The van der Waals surface area contributed by atoms with Crippen LogP contribution in [0.15, 0.2) is 30.6 Å². The van der Waals surface area contributed by atoms with E-state index in [0.717, 1.165) is 6.33 Å². The van der Waals surface area contributed by atoms with Gasteiger partial charge >= 0.3 is 11.6 Å². The summed E-state index contributed by atoms with van der Waals surface area (Å²) in [5, 5.41) is 19.9. The molecule has 1 aromatic carbocycles. The van der Waals surface area contributed by atoms with Gasteiger partial charge < -0.3 is 15.3 Å². The lowest BCUT2D eigenvalue weighted by Gasteiger charge is -2.07. The minimum absolute atomic E-state index is 0.102. The Morgan fingerprint density at radius 3 is 2.60 bits per heavy atom. The van der Waals surface area contributed by atoms with Gasteiger partial charge in [0, 0.05) is 0 Å². The van der Waals surface area contributed by atoms with Crippen LogP contribution in [0.2, 0.25) is 0 Å². The number of aliphatic hydroxyl groups excluding tert-OH is 1. The molecule has 2 aromatic rings. The number of nitrogens with two attached hydrogens (primary N) is 1. The molecular weight excluding hydrogens is 266 g/mol. The molecule has 2 rings (SSSR count). The van der Waals surface area contributed by atoms with Gasteiger partial charge in [-0.2, -0.15) is 4.98 Å². The fourth-order valence-corrected chi connectivity index (χ4v) is 1.48. The van der Waals surface area contributed by atoms with E-state index in [1.165, 1.54) is 0 Å². The molecule has 0 amide bonds. The highest BCUT2D eigenvalue weighted by Crippen LogP contribution is 2.33. The molecule has 9 heteroatoms. The molecule has 0 atom stereocenters. The number of benzene rings is 1. The van der Waals surface area contributed by atoms with Crippen molar-refractivity contribution in [1.29, 1.82) is 0 Å². The first-order chi connectivity index (χ1) is 9.65. The standard InChI is InChI=1S/C11H11N5O4/c12-15-10-9(16(18)19)11(14-6-13-10)20-8-3-1-7(5-17)2-4-8/h1-4,6,17H,5,12H2,(H,13,14,15). The summed E-state index contributed by atoms with van der Waals surface area (Å²) in [7, 11) is 0. The van der Waals surface area contributed by atoms with Crippen molar-refractivity contribution in [3.05, 3.63) is 46.3 Å². The van der Waals surface area contributed by atoms with Crippen molar-refractivity contribution in [1.82, 2.24) is 9.97 Å². The number of aliphatic hydroxyl groups is 1. The minimum Gasteiger partial charge on any atom is -0.434 e. The van der Waals surface area contributed by atoms with Crippen molar-refractivity contribution in [3.63, 3.8) is 0 Å². The number of hydrogen-bond acceptors (Lipinski definition) is 8. The van der Waals surface area contributed by atoms with Gasteiger partial charge in [-0.05, 0) is 17.7 Å². The molecule has 0 saturated carbocycles. The Labute approximate surface area is 113 Å². The predicted octanol–water partition coefficient (Wildman–Crippen LogP) is 0.955. The van der Waals surface area contributed by atoms with Crippen molar-refractivity contribution in [2.75, 3.05) is 5.43 Å². The Morgan fingerprint density at radius 1 is 1.35 bits per heavy atom. The van der Waals surface area contributed by atoms with Gasteiger partial charge in [0.1, 0.15) is 12.1 Å². The fourth-order valence-electron chi connectivity index (χ4n) is 1.48. The highest BCUT2D eigenvalue weighted by Gasteiger charge is 2.24. The number of hydrazine groups is 1. The Kier molecular flexibility index (Phi) is 4.03. The molecule has 0 aliphatic carbocycles. The SMILES string of the molecule is NNc1ncnc(Oc2ccc(CO)cc2)c1[N+](=O)[O-]. The van der Waals surface area contributed by atoms with E-state index in [9.17, 15) is 10.1 Å². The van der Waals surface area contributed by atoms with Gasteiger partial charge in [-0.15, -0.1) is 0 Å². The Balaban J connectivity index is 2.34. The van der Waals surface area contributed by atoms with Crippen molar-refractivity contribution < 1.29 is 14.8 Å². The van der Waals surface area contributed by atoms with E-state index in [1.807, 2.05) is 0 Å². The van der Waals surface area contributed by atoms with E-state index in [1.54, 1.807) is 24.3 Å². The maximum Gasteiger partial charge on any atom is 0.374 e. The molecule has 0 fully saturated rings. The van der Waals surface area contributed by atoms with Crippen LogP contribution in [-0.4, -0.2) is 20.0 Å². The third-order valence-electron chi connectivity index (χ3n) is 2.43. The molecular formula is C11H11N5O4. The van der Waals surface area contributed by atoms with Crippen LogP contribution >= 0.6 is 0 Å². The molecule has 1 heterocycles. The van der Waals surface area contributed by atoms with E-state index >= 15 is 0 Å². The summed E-state index contributed by atoms with van der Waals surface area (Å²) < 4.78 is 5.34. The maximum absolute atomic E-state index is 11.0. The average molecular weight is 277 g/mol. The number of anilines is 1. The first kappa shape index (κ1) is 13.6. The topological polar surface area (TPSA) is 136 Å². The van der Waals surface area contributed by atoms with Crippen LogP contribution in [0.3, 0.4) is 0 Å². The summed E-state index contributed by atoms with van der Waals surface area (Å²) in [4.78, 5) is 17.7. The van der Waals surface area contributed by atoms with E-state index in [2.05, 4.69) is 15.4 Å². The Bertz CT molecular complexity index is 617. The van der Waals surface area contributed by atoms with Crippen LogP contribution in [0.5, 0.6) is 11.6 Å². The van der Waals surface area contributed by atoms with Gasteiger partial charge in [0.25, 0.3) is 0 Å². The maximum atomic E-state index is 11.0. The fraction of sp³-hybridized carbons (Fsp3) is 0.0909. The van der Waals surface area contributed by atoms with Gasteiger partial charge in [-0.1, -0.05) is 12.1 Å². The second kappa shape index (κ2) is 5.91. The summed E-state index contributed by atoms with van der Waals surface area (Å²) in [6.45, 7) is -0.102. The normalized spacial score (nSPS) is 10.1. The molecule has 0 radical (unpaired) electrons. The Hall–Kier alpha value is -2.78. The van der Waals surface area contributed by atoms with Crippen LogP contribution in [0.25, 0.3) is 0 Å². The van der Waals surface area contributed by atoms with Crippen LogP contribution in [0, 0.1) is 10.1 Å². The number of rotatable bonds is 5. The minimum atomic E-state index is -0.688. The molecule has 0 bridgehead atoms. The van der Waals surface area contributed by atoms with E-state index < -0.39 is 10.6 Å². The molecule has 0 aliphatic rings. The van der Waals surface area contributed by atoms with E-state index in [0.29, 0.717) is 11.3 Å². The van der Waals surface area contributed by atoms with Gasteiger partial charge in [-0.3, -0.25) is 10.1 Å². The zero-order chi connectivity index (χ0) is 14.5. The number of nitro groups is 1. The van der Waals surface area contributed by atoms with E-state index in [4.69, 9.17) is 15.7 Å². The predicted molar refractivity (Wildman–Crippen MR) is 68.9 cm³/mol. The highest BCUT2D eigenvalue weighted by molar-refractivity contribution is 5.61. The Morgan fingerprint density at radius 2 is 2.05 bits per heavy atom. The second-order valence-electron chi connectivity index (χ2n) is 3.68. The van der Waals surface area contributed by atoms with Crippen molar-refractivity contribution in [2.45, 2.75) is 6.61 Å². The number of nitrogen functional groups attached to an aromatic ring is 1. The highest BCUT2D eigenvalue weighted by atomic mass is 16.6. The first-order valence-corrected chi connectivity index (χ1v) is 5.49. The van der Waals surface area contributed by atoms with Gasteiger partial charge in [0.05, 0.1) is 11.5 Å². The van der Waals surface area contributed by atoms with Crippen LogP contribution in [0.4, 0.5) is 11.5 Å². The molecule has 0 unspecified atom stereocenters. The lowest BCUT2D eigenvalue weighted by Crippen LogP contribution is -2.12. The number of nitrogens with zero attached hydrogens (tertiary/aromatic N) is 3. The number of hydrogen-bond donors (Lipinski definition) is 3. The van der Waals surface area contributed by atoms with Crippen LogP contribution < -0.4 is 16.0 Å². The number of ether oxygens (including phenoxy) is 1. The molecule has 0 aliphatic heterocycles. The molecule has 20 heavy (non-hydrogen) atoms. The smallest absolute Gasteiger partial charge is 0.374 e. The molecule has 0 spiro atoms. The number of aromatic nitrogens is 2. The molecule has 1 aromatic heterocycles. The monoisotopic (exact) mass is 277 g/mol. The summed E-state index contributed by atoms with van der Waals surface area (Å²) >= 11 is 0. The zero-order valence-electron chi connectivity index (χ0n) is 10.2. The van der Waals surface area contributed by atoms with Gasteiger partial charge in [0.2, 0.25) is 5.82 Å². The van der Waals surface area contributed by atoms with Crippen LogP contribution in [-0.2, 0) is 6.61 Å². The van der Waals surface area contributed by atoms with Crippen molar-refractivity contribution in [3.8, 4) is 11.6 Å². The van der Waals surface area contributed by atoms with E-state index in [-0.39, 0.29) is 18.3 Å². The van der Waals surface area contributed by atoms with Gasteiger partial charge in [-0.25, -0.2) is 10.8 Å². The average Bonchev–Trinajstić information content (AvgIpc) is 2.47. The van der Waals surface area contributed by atoms with Crippen molar-refractivity contribution in [2.24, 2.45) is 5.84 Å². The van der Waals surface area contributed by atoms with Gasteiger partial charge in [0.15, 0.2) is 0 Å². The number of nitrogens with one attached hydrogen (secondary N) is 1. The second-order valence-corrected chi connectivity index (χ2v) is 3.68. The lowest BCUT2D eigenvalue weighted by molar-refractivity contribution is -0.385. The van der Waals surface area contributed by atoms with Crippen LogP contribution in [0.1, 0.15) is 5.56 Å². The summed E-state index contributed by atoms with van der Waals surface area (Å²) in [6.07, 6.45) is 1.10. The molecule has 0 saturated heterocycles. The molecule has 104 valence electrons. The molecule has 4 N–H and O–H groups in total. The summed E-state index contributed by atoms with van der Waals surface area (Å²) in [5.74, 6) is 5.13. The van der Waals surface area contributed by atoms with Crippen molar-refractivity contribution >= 4 is 11.5 Å². The first-order valence-electron chi connectivity index (χ1n) is 5.49. The lowest BCUT2D eigenvalue weighted by atomic mass is 10.2. The zero-order valence-corrected chi connectivity index (χ0v) is 10.2. The third kappa shape index (κ3) is 2.79. The summed E-state index contributed by atoms with van der Waals surface area (Å²) in [5.41, 5.74) is 2.35.